The number of nitrogens with one attached hydrogen (secondary N) is 3. The van der Waals surface area contributed by atoms with Gasteiger partial charge in [-0.1, -0.05) is 6.07 Å². The standard InChI is InChI=1S/C47H58FN11O7/c1-28(2)58-26-33(32-25-50-40(24-37(32)58)52-39-10-16-49-47(53-39)57-22-15-38(65-3)34(48)27-57)43(61)51-29-11-18-55(19-12-29)17-5-23-66-30-13-20-56(21-14-30)35-7-4-6-31-42(35)46(64)59(45(31)63)36-8-9-41(60)54-44(36)62/h4,6-7,10,16,24-26,28-30,34,36,38H,5,8-9,11-15,17-23,27H2,1-3H3,(H,51,61)(H,54,60,62)(H,49,50,52,53)/t34-,36?,38+/m1/s1. The number of hydrogen-bond donors (Lipinski definition) is 3. The van der Waals surface area contributed by atoms with Gasteiger partial charge < -0.3 is 39.4 Å². The van der Waals surface area contributed by atoms with Crippen LogP contribution in [0.5, 0.6) is 0 Å². The fourth-order valence-corrected chi connectivity index (χ4v) is 9.98. The normalized spacial score (nSPS) is 22.4. The fourth-order valence-electron chi connectivity index (χ4n) is 9.98. The third-order valence-corrected chi connectivity index (χ3v) is 13.6. The van der Waals surface area contributed by atoms with Crippen molar-refractivity contribution in [2.45, 2.75) is 102 Å². The van der Waals surface area contributed by atoms with Gasteiger partial charge in [-0.2, -0.15) is 4.98 Å². The van der Waals surface area contributed by atoms with Crippen LogP contribution in [0.3, 0.4) is 0 Å². The van der Waals surface area contributed by atoms with E-state index >= 15 is 0 Å². The Morgan fingerprint density at radius 2 is 1.73 bits per heavy atom. The predicted molar refractivity (Wildman–Crippen MR) is 244 cm³/mol. The molecule has 3 aromatic heterocycles. The molecule has 8 heterocycles. The summed E-state index contributed by atoms with van der Waals surface area (Å²) in [5, 5.41) is 9.59. The lowest BCUT2D eigenvalue weighted by Crippen LogP contribution is -2.54. The zero-order valence-corrected chi connectivity index (χ0v) is 37.7. The molecule has 5 aliphatic rings. The maximum absolute atomic E-state index is 14.6. The van der Waals surface area contributed by atoms with Gasteiger partial charge in [0.15, 0.2) is 0 Å². The van der Waals surface area contributed by atoms with Crippen molar-refractivity contribution in [3.8, 4) is 0 Å². The topological polar surface area (TPSA) is 196 Å². The van der Waals surface area contributed by atoms with Crippen LogP contribution in [0.25, 0.3) is 10.9 Å². The summed E-state index contributed by atoms with van der Waals surface area (Å²) in [5.74, 6) is -0.598. The van der Waals surface area contributed by atoms with Gasteiger partial charge in [0.25, 0.3) is 17.7 Å². The first-order valence-electron chi connectivity index (χ1n) is 23.2. The highest BCUT2D eigenvalue weighted by Gasteiger charge is 2.46. The van der Waals surface area contributed by atoms with E-state index in [0.717, 1.165) is 67.5 Å². The van der Waals surface area contributed by atoms with Gasteiger partial charge in [0.1, 0.15) is 23.8 Å². The number of ether oxygens (including phenoxy) is 2. The highest BCUT2D eigenvalue weighted by Crippen LogP contribution is 2.36. The Balaban J connectivity index is 0.718. The van der Waals surface area contributed by atoms with Crippen molar-refractivity contribution < 1.29 is 37.8 Å². The highest BCUT2D eigenvalue weighted by molar-refractivity contribution is 6.25. The number of piperidine rings is 4. The Labute approximate surface area is 382 Å². The molecule has 0 saturated carbocycles. The zero-order chi connectivity index (χ0) is 46.1. The minimum atomic E-state index is -1.13. The first-order chi connectivity index (χ1) is 31.9. The number of rotatable bonds is 14. The van der Waals surface area contributed by atoms with E-state index in [9.17, 15) is 28.4 Å². The molecule has 0 bridgehead atoms. The summed E-state index contributed by atoms with van der Waals surface area (Å²) >= 11 is 0. The number of amides is 5. The van der Waals surface area contributed by atoms with Crippen molar-refractivity contribution in [2.75, 3.05) is 74.6 Å². The number of nitrogens with zero attached hydrogens (tertiary/aromatic N) is 8. The van der Waals surface area contributed by atoms with Gasteiger partial charge in [-0.05, 0) is 77.0 Å². The molecule has 18 nitrogen and oxygen atoms in total. The van der Waals surface area contributed by atoms with E-state index in [1.165, 1.54) is 7.11 Å². The molecule has 1 unspecified atom stereocenters. The zero-order valence-electron chi connectivity index (χ0n) is 37.7. The number of likely N-dealkylation sites (tertiary alicyclic amines) is 1. The molecule has 5 aliphatic heterocycles. The van der Waals surface area contributed by atoms with Gasteiger partial charge in [0.2, 0.25) is 17.8 Å². The molecular weight excluding hydrogens is 850 g/mol. The summed E-state index contributed by atoms with van der Waals surface area (Å²) in [4.78, 5) is 86.0. The molecule has 1 aromatic carbocycles. The van der Waals surface area contributed by atoms with E-state index in [0.29, 0.717) is 67.1 Å². The molecule has 0 radical (unpaired) electrons. The third kappa shape index (κ3) is 9.33. The van der Waals surface area contributed by atoms with Crippen LogP contribution in [-0.2, 0) is 19.1 Å². The van der Waals surface area contributed by atoms with E-state index in [2.05, 4.69) is 59.1 Å². The van der Waals surface area contributed by atoms with E-state index in [1.54, 1.807) is 30.6 Å². The molecule has 350 valence electrons. The van der Waals surface area contributed by atoms with Gasteiger partial charge in [-0.3, -0.25) is 34.2 Å². The van der Waals surface area contributed by atoms with Crippen molar-refractivity contribution in [1.82, 2.24) is 40.0 Å². The Bertz CT molecular complexity index is 2480. The van der Waals surface area contributed by atoms with E-state index in [1.807, 2.05) is 23.2 Å². The van der Waals surface area contributed by atoms with Crippen molar-refractivity contribution in [3.05, 3.63) is 65.6 Å². The quantitative estimate of drug-likeness (QED) is 0.119. The third-order valence-electron chi connectivity index (χ3n) is 13.6. The second-order valence-electron chi connectivity index (χ2n) is 18.2. The molecule has 4 saturated heterocycles. The number of aromatic nitrogens is 4. The molecule has 0 aliphatic carbocycles. The van der Waals surface area contributed by atoms with Crippen molar-refractivity contribution in [2.24, 2.45) is 0 Å². The van der Waals surface area contributed by atoms with Gasteiger partial charge in [0, 0.05) is 102 Å². The number of fused-ring (bicyclic) bond motifs is 2. The van der Waals surface area contributed by atoms with Crippen molar-refractivity contribution in [3.63, 3.8) is 0 Å². The SMILES string of the molecule is CO[C@H]1CCN(c2nccc(Nc3cc4c(cn3)c(C(=O)NC3CCN(CCCOC5CCN(c6cccc7c6C(=O)N(C6CCC(=O)NC6=O)C7=O)CC5)CC3)cn4C(C)C)n2)C[C@H]1F. The molecule has 5 amide bonds. The number of hydrogen-bond acceptors (Lipinski definition) is 14. The lowest BCUT2D eigenvalue weighted by molar-refractivity contribution is -0.136. The average Bonchev–Trinajstić information content (AvgIpc) is 3.83. The molecule has 3 N–H and O–H groups in total. The number of carbonyl (C=O) groups excluding carboxylic acids is 5. The number of alkyl halides is 1. The first kappa shape index (κ1) is 45.1. The average molecular weight is 908 g/mol. The van der Waals surface area contributed by atoms with Crippen LogP contribution in [0.1, 0.15) is 102 Å². The van der Waals surface area contributed by atoms with Crippen LogP contribution < -0.4 is 25.8 Å². The number of halogens is 1. The lowest BCUT2D eigenvalue weighted by atomic mass is 10.0. The second kappa shape index (κ2) is 19.4. The van der Waals surface area contributed by atoms with Crippen LogP contribution >= 0.6 is 0 Å². The lowest BCUT2D eigenvalue weighted by Gasteiger charge is -2.35. The summed E-state index contributed by atoms with van der Waals surface area (Å²) in [6.07, 6.45) is 8.70. The maximum Gasteiger partial charge on any atom is 0.264 e. The summed E-state index contributed by atoms with van der Waals surface area (Å²) in [6.45, 7) is 9.53. The largest absolute Gasteiger partial charge is 0.378 e. The minimum Gasteiger partial charge on any atom is -0.378 e. The molecule has 66 heavy (non-hydrogen) atoms. The molecule has 9 rings (SSSR count). The molecule has 19 heteroatoms. The summed E-state index contributed by atoms with van der Waals surface area (Å²) in [7, 11) is 1.53. The summed E-state index contributed by atoms with van der Waals surface area (Å²) in [6, 6.07) is 8.06. The van der Waals surface area contributed by atoms with E-state index in [4.69, 9.17) is 9.47 Å². The Kier molecular flexibility index (Phi) is 13.3. The number of methoxy groups -OCH3 is 1. The molecular formula is C47H58FN11O7. The number of anilines is 4. The van der Waals surface area contributed by atoms with Crippen molar-refractivity contribution >= 4 is 63.7 Å². The van der Waals surface area contributed by atoms with Crippen LogP contribution in [0, 0.1) is 0 Å². The minimum absolute atomic E-state index is 0.0567. The number of pyridine rings is 1. The number of benzene rings is 1. The summed E-state index contributed by atoms with van der Waals surface area (Å²) < 4.78 is 28.3. The molecule has 4 fully saturated rings. The van der Waals surface area contributed by atoms with Crippen molar-refractivity contribution in [1.29, 1.82) is 0 Å². The first-order valence-corrected chi connectivity index (χ1v) is 23.2. The van der Waals surface area contributed by atoms with Crippen LogP contribution in [0.15, 0.2) is 48.9 Å². The summed E-state index contributed by atoms with van der Waals surface area (Å²) in [5.41, 5.74) is 2.75. The van der Waals surface area contributed by atoms with E-state index < -0.39 is 41.9 Å². The Morgan fingerprint density at radius 1 is 0.939 bits per heavy atom. The monoisotopic (exact) mass is 907 g/mol. The number of carbonyl (C=O) groups is 5. The number of imide groups is 2. The maximum atomic E-state index is 14.6. The Morgan fingerprint density at radius 3 is 2.47 bits per heavy atom. The van der Waals surface area contributed by atoms with Gasteiger partial charge >= 0.3 is 0 Å². The van der Waals surface area contributed by atoms with Gasteiger partial charge in [0.05, 0.1) is 46.6 Å². The predicted octanol–water partition coefficient (Wildman–Crippen LogP) is 4.39. The van der Waals surface area contributed by atoms with Crippen LogP contribution in [-0.4, -0.2) is 149 Å². The second-order valence-corrected chi connectivity index (χ2v) is 18.2. The van der Waals surface area contributed by atoms with Crippen LogP contribution in [0.4, 0.5) is 27.7 Å². The Hall–Kier alpha value is -6.05. The van der Waals surface area contributed by atoms with Gasteiger partial charge in [-0.25, -0.2) is 14.4 Å². The molecule has 3 atom stereocenters. The van der Waals surface area contributed by atoms with E-state index in [-0.39, 0.29) is 49.0 Å². The highest BCUT2D eigenvalue weighted by atomic mass is 19.1. The molecule has 0 spiro atoms. The smallest absolute Gasteiger partial charge is 0.264 e. The fraction of sp³-hybridized carbons (Fsp3) is 0.532. The van der Waals surface area contributed by atoms with Gasteiger partial charge in [-0.15, -0.1) is 0 Å². The molecule has 4 aromatic rings. The van der Waals surface area contributed by atoms with Crippen LogP contribution in [0.2, 0.25) is 0 Å².